The number of pyridine rings is 1. The molecule has 6 nitrogen and oxygen atoms in total. The van der Waals surface area contributed by atoms with Crippen molar-refractivity contribution in [2.45, 2.75) is 6.92 Å². The molecule has 2 N–H and O–H groups in total. The molecule has 18 heavy (non-hydrogen) atoms. The van der Waals surface area contributed by atoms with Gasteiger partial charge >= 0.3 is 5.97 Å². The Labute approximate surface area is 122 Å². The van der Waals surface area contributed by atoms with Gasteiger partial charge < -0.3 is 9.84 Å². The zero-order valence-electron chi connectivity index (χ0n) is 9.28. The van der Waals surface area contributed by atoms with E-state index in [0.29, 0.717) is 3.57 Å². The van der Waals surface area contributed by atoms with Gasteiger partial charge in [0.1, 0.15) is 5.15 Å². The van der Waals surface area contributed by atoms with Crippen LogP contribution in [0.3, 0.4) is 0 Å². The molecule has 0 aliphatic rings. The molecular weight excluding hydrogens is 372 g/mol. The van der Waals surface area contributed by atoms with Gasteiger partial charge in [-0.3, -0.25) is 0 Å². The predicted molar refractivity (Wildman–Crippen MR) is 73.3 cm³/mol. The third kappa shape index (κ3) is 3.39. The second kappa shape index (κ2) is 6.64. The highest BCUT2D eigenvalue weighted by Gasteiger charge is 2.20. The van der Waals surface area contributed by atoms with Crippen LogP contribution in [-0.4, -0.2) is 22.7 Å². The Morgan fingerprint density at radius 1 is 1.72 bits per heavy atom. The molecule has 0 saturated heterocycles. The number of aliphatic hydroxyl groups excluding tert-OH is 1. The van der Waals surface area contributed by atoms with Gasteiger partial charge in [0, 0.05) is 9.77 Å². The highest BCUT2D eigenvalue weighted by molar-refractivity contribution is 14.1. The first kappa shape index (κ1) is 14.8. The molecule has 1 aromatic heterocycles. The van der Waals surface area contributed by atoms with Crippen molar-refractivity contribution in [3.05, 3.63) is 32.2 Å². The fourth-order valence-corrected chi connectivity index (χ4v) is 1.75. The summed E-state index contributed by atoms with van der Waals surface area (Å²) in [7, 11) is 0. The minimum Gasteiger partial charge on any atom is -0.505 e. The number of hydrogen-bond acceptors (Lipinski definition) is 6. The third-order valence-electron chi connectivity index (χ3n) is 1.87. The van der Waals surface area contributed by atoms with Crippen LogP contribution >= 0.6 is 34.2 Å². The summed E-state index contributed by atoms with van der Waals surface area (Å²) in [5.74, 6) is -1.42. The quantitative estimate of drug-likeness (QED) is 0.209. The topological polar surface area (TPSA) is 95.6 Å². The van der Waals surface area contributed by atoms with E-state index in [4.69, 9.17) is 17.1 Å². The molecular formula is C10H9ClIN3O3. The van der Waals surface area contributed by atoms with Gasteiger partial charge in [-0.1, -0.05) is 11.6 Å². The lowest BCUT2D eigenvalue weighted by Gasteiger charge is -2.06. The number of halogens is 2. The summed E-state index contributed by atoms with van der Waals surface area (Å²) in [6.07, 6.45) is 1.50. The van der Waals surface area contributed by atoms with Crippen molar-refractivity contribution < 1.29 is 14.6 Å². The molecule has 0 fully saturated rings. The maximum absolute atomic E-state index is 11.5. The van der Waals surface area contributed by atoms with Gasteiger partial charge in [0.05, 0.1) is 12.2 Å². The molecule has 0 amide bonds. The van der Waals surface area contributed by atoms with E-state index in [9.17, 15) is 9.90 Å². The zero-order valence-corrected chi connectivity index (χ0v) is 12.2. The first-order chi connectivity index (χ1) is 8.51. The molecule has 8 heteroatoms. The van der Waals surface area contributed by atoms with E-state index in [-0.39, 0.29) is 17.3 Å². The highest BCUT2D eigenvalue weighted by atomic mass is 127. The monoisotopic (exact) mass is 381 g/mol. The first-order valence-corrected chi connectivity index (χ1v) is 6.26. The molecule has 96 valence electrons. The van der Waals surface area contributed by atoms with Crippen LogP contribution in [-0.2, 0) is 9.53 Å². The molecule has 0 unspecified atom stereocenters. The summed E-state index contributed by atoms with van der Waals surface area (Å²) in [4.78, 5) is 15.3. The van der Waals surface area contributed by atoms with Gasteiger partial charge in [0.2, 0.25) is 5.70 Å². The lowest BCUT2D eigenvalue weighted by atomic mass is 10.2. The van der Waals surface area contributed by atoms with Crippen LogP contribution in [0.2, 0.25) is 5.15 Å². The molecule has 0 spiro atoms. The molecule has 0 radical (unpaired) electrons. The Morgan fingerprint density at radius 2 is 2.39 bits per heavy atom. The average molecular weight is 382 g/mol. The summed E-state index contributed by atoms with van der Waals surface area (Å²) in [6, 6.07) is 1.52. The standard InChI is InChI=1S/C10H9ClIN3O3/c1-2-18-10(17)7(15-13)8(16)6-3-5(12)4-14-9(6)11/h3-4,13,16H,2H2,1H3/b8-7+,15-13?. The van der Waals surface area contributed by atoms with E-state index in [1.165, 1.54) is 12.3 Å². The normalized spacial score (nSPS) is 11.7. The molecule has 1 heterocycles. The van der Waals surface area contributed by atoms with Crippen molar-refractivity contribution in [3.63, 3.8) is 0 Å². The maximum atomic E-state index is 11.5. The lowest BCUT2D eigenvalue weighted by Crippen LogP contribution is -2.08. The van der Waals surface area contributed by atoms with Crippen molar-refractivity contribution in [1.82, 2.24) is 4.98 Å². The van der Waals surface area contributed by atoms with Gasteiger partial charge in [-0.25, -0.2) is 15.3 Å². The number of hydrogen-bond donors (Lipinski definition) is 2. The maximum Gasteiger partial charge on any atom is 0.362 e. The molecule has 0 aromatic carbocycles. The van der Waals surface area contributed by atoms with Gasteiger partial charge in [-0.05, 0) is 35.6 Å². The van der Waals surface area contributed by atoms with Crippen molar-refractivity contribution >= 4 is 45.9 Å². The van der Waals surface area contributed by atoms with Crippen molar-refractivity contribution in [2.24, 2.45) is 5.11 Å². The molecule has 1 rings (SSSR count). The van der Waals surface area contributed by atoms with E-state index < -0.39 is 17.4 Å². The second-order valence-electron chi connectivity index (χ2n) is 3.02. The minimum absolute atomic E-state index is 0.0124. The summed E-state index contributed by atoms with van der Waals surface area (Å²) < 4.78 is 5.39. The fourth-order valence-electron chi connectivity index (χ4n) is 1.11. The van der Waals surface area contributed by atoms with Crippen LogP contribution in [0.1, 0.15) is 12.5 Å². The Morgan fingerprint density at radius 3 is 2.94 bits per heavy atom. The van der Waals surface area contributed by atoms with Crippen molar-refractivity contribution in [3.8, 4) is 0 Å². The average Bonchev–Trinajstić information content (AvgIpc) is 2.33. The fraction of sp³-hybridized carbons (Fsp3) is 0.200. The number of ether oxygens (including phenoxy) is 1. The van der Waals surface area contributed by atoms with Gasteiger partial charge in [-0.15, -0.1) is 5.11 Å². The number of esters is 1. The number of aliphatic hydroxyl groups is 1. The van der Waals surface area contributed by atoms with E-state index in [2.05, 4.69) is 14.8 Å². The van der Waals surface area contributed by atoms with E-state index in [0.717, 1.165) is 0 Å². The highest BCUT2D eigenvalue weighted by Crippen LogP contribution is 2.25. The van der Waals surface area contributed by atoms with E-state index in [1.54, 1.807) is 6.92 Å². The Bertz CT molecular complexity index is 519. The number of carbonyl (C=O) groups is 1. The number of carbonyl (C=O) groups excluding carboxylic acids is 1. The summed E-state index contributed by atoms with van der Waals surface area (Å²) in [6.45, 7) is 1.72. The van der Waals surface area contributed by atoms with Gasteiger partial charge in [0.15, 0.2) is 5.76 Å². The summed E-state index contributed by atoms with van der Waals surface area (Å²) in [5.41, 5.74) is 6.53. The van der Waals surface area contributed by atoms with Crippen LogP contribution in [0.4, 0.5) is 0 Å². The zero-order chi connectivity index (χ0) is 13.7. The van der Waals surface area contributed by atoms with Gasteiger partial charge in [0.25, 0.3) is 0 Å². The molecule has 0 saturated carbocycles. The lowest BCUT2D eigenvalue weighted by molar-refractivity contribution is -0.138. The van der Waals surface area contributed by atoms with Gasteiger partial charge in [-0.2, -0.15) is 0 Å². The summed E-state index contributed by atoms with van der Waals surface area (Å²) >= 11 is 7.79. The first-order valence-electron chi connectivity index (χ1n) is 4.80. The smallest absolute Gasteiger partial charge is 0.362 e. The van der Waals surface area contributed by atoms with E-state index >= 15 is 0 Å². The Kier molecular flexibility index (Phi) is 5.48. The molecule has 0 atom stereocenters. The molecule has 0 aliphatic heterocycles. The Balaban J connectivity index is 3.30. The molecule has 0 aliphatic carbocycles. The second-order valence-corrected chi connectivity index (χ2v) is 4.63. The predicted octanol–water partition coefficient (Wildman–Crippen LogP) is 3.16. The number of nitrogens with one attached hydrogen (secondary N) is 1. The molecule has 1 aromatic rings. The van der Waals surface area contributed by atoms with Crippen LogP contribution in [0, 0.1) is 9.10 Å². The van der Waals surface area contributed by atoms with Crippen LogP contribution in [0.25, 0.3) is 5.76 Å². The SMILES string of the molecule is CCOC(=O)/C(N=N)=C(\O)c1cc(I)cnc1Cl. The summed E-state index contributed by atoms with van der Waals surface area (Å²) in [5, 5.41) is 12.9. The van der Waals surface area contributed by atoms with E-state index in [1.807, 2.05) is 22.6 Å². The van der Waals surface area contributed by atoms with Crippen molar-refractivity contribution in [1.29, 1.82) is 5.53 Å². The molecule has 0 bridgehead atoms. The number of rotatable bonds is 4. The van der Waals surface area contributed by atoms with Crippen LogP contribution in [0.15, 0.2) is 23.1 Å². The number of aromatic nitrogens is 1. The minimum atomic E-state index is -0.889. The van der Waals surface area contributed by atoms with Crippen LogP contribution in [0.5, 0.6) is 0 Å². The number of nitrogens with zero attached hydrogens (tertiary/aromatic N) is 2. The van der Waals surface area contributed by atoms with Crippen molar-refractivity contribution in [2.75, 3.05) is 6.61 Å². The Hall–Kier alpha value is -1.22. The largest absolute Gasteiger partial charge is 0.505 e. The third-order valence-corrected chi connectivity index (χ3v) is 2.76. The van der Waals surface area contributed by atoms with Crippen LogP contribution < -0.4 is 0 Å².